The zero-order valence-corrected chi connectivity index (χ0v) is 11.0. The van der Waals surface area contributed by atoms with Gasteiger partial charge < -0.3 is 0 Å². The molecule has 0 saturated carbocycles. The van der Waals surface area contributed by atoms with Crippen molar-refractivity contribution in [3.8, 4) is 0 Å². The van der Waals surface area contributed by atoms with E-state index in [0.29, 0.717) is 23.8 Å². The summed E-state index contributed by atoms with van der Waals surface area (Å²) in [5.74, 6) is 1.11. The summed E-state index contributed by atoms with van der Waals surface area (Å²) in [6.45, 7) is 12.3. The first kappa shape index (κ1) is 16.0. The molecule has 0 fully saturated rings. The van der Waals surface area contributed by atoms with Gasteiger partial charge in [-0.25, -0.2) is 0 Å². The van der Waals surface area contributed by atoms with Gasteiger partial charge in [-0.15, -0.1) is 23.2 Å². The lowest BCUT2D eigenvalue weighted by atomic mass is 10.2. The van der Waals surface area contributed by atoms with Crippen molar-refractivity contribution in [1.82, 2.24) is 4.90 Å². The molecule has 0 aromatic rings. The molecule has 13 heavy (non-hydrogen) atoms. The van der Waals surface area contributed by atoms with Gasteiger partial charge in [0, 0.05) is 23.8 Å². The molecule has 0 amide bonds. The maximum absolute atomic E-state index is 5.05. The lowest BCUT2D eigenvalue weighted by Crippen LogP contribution is -2.36. The molecule has 0 aliphatic heterocycles. The van der Waals surface area contributed by atoms with Crippen LogP contribution >= 0.6 is 23.2 Å². The van der Waals surface area contributed by atoms with E-state index in [1.54, 1.807) is 0 Å². The molecule has 3 heteroatoms. The Hall–Kier alpha value is 0.540. The fourth-order valence-electron chi connectivity index (χ4n) is 1.33. The standard InChI is InChI=1S/C8H19N.C2H4Cl2/c1-6-9(7(2)3)8(4)5;3-1-2-4/h7-8H,6H2,1-5H3;1-2H2. The molecule has 82 valence electrons. The van der Waals surface area contributed by atoms with Gasteiger partial charge >= 0.3 is 0 Å². The van der Waals surface area contributed by atoms with Crippen LogP contribution in [0.15, 0.2) is 0 Å². The number of alkyl halides is 2. The molecule has 0 N–H and O–H groups in total. The van der Waals surface area contributed by atoms with Gasteiger partial charge in [0.1, 0.15) is 0 Å². The van der Waals surface area contributed by atoms with Crippen LogP contribution in [0.5, 0.6) is 0 Å². The van der Waals surface area contributed by atoms with Crippen LogP contribution in [0.1, 0.15) is 34.6 Å². The van der Waals surface area contributed by atoms with Gasteiger partial charge in [-0.05, 0) is 34.2 Å². The first-order chi connectivity index (χ1) is 6.01. The largest absolute Gasteiger partial charge is 0.299 e. The van der Waals surface area contributed by atoms with Crippen molar-refractivity contribution < 1.29 is 0 Å². The smallest absolute Gasteiger partial charge is 0.0359 e. The molecule has 0 heterocycles. The Morgan fingerprint density at radius 2 is 1.23 bits per heavy atom. The van der Waals surface area contributed by atoms with Crippen LogP contribution in [0.2, 0.25) is 0 Å². The van der Waals surface area contributed by atoms with E-state index in [1.807, 2.05) is 0 Å². The minimum absolute atomic E-state index is 0.557. The van der Waals surface area contributed by atoms with Crippen LogP contribution < -0.4 is 0 Å². The predicted octanol–water partition coefficient (Wildman–Crippen LogP) is 3.59. The zero-order chi connectivity index (χ0) is 10.9. The summed E-state index contributed by atoms with van der Waals surface area (Å²) in [5, 5.41) is 0. The number of hydrogen-bond acceptors (Lipinski definition) is 1. The maximum atomic E-state index is 5.05. The summed E-state index contributed by atoms with van der Waals surface area (Å²) in [5.41, 5.74) is 0. The second-order valence-corrected chi connectivity index (χ2v) is 4.15. The fraction of sp³-hybridized carbons (Fsp3) is 1.00. The SMILES string of the molecule is CCN(C(C)C)C(C)C.ClCCCl. The highest BCUT2D eigenvalue weighted by Crippen LogP contribution is 2.02. The topological polar surface area (TPSA) is 3.24 Å². The molecule has 0 bridgehead atoms. The summed E-state index contributed by atoms with van der Waals surface area (Å²) >= 11 is 10.1. The first-order valence-electron chi connectivity index (χ1n) is 4.88. The minimum atomic E-state index is 0.557. The van der Waals surface area contributed by atoms with E-state index in [0.717, 1.165) is 6.54 Å². The van der Waals surface area contributed by atoms with E-state index in [2.05, 4.69) is 39.5 Å². The van der Waals surface area contributed by atoms with Gasteiger partial charge in [0.05, 0.1) is 0 Å². The van der Waals surface area contributed by atoms with Gasteiger partial charge in [0.25, 0.3) is 0 Å². The van der Waals surface area contributed by atoms with Crippen molar-refractivity contribution in [2.75, 3.05) is 18.3 Å². The van der Waals surface area contributed by atoms with Crippen molar-refractivity contribution in [1.29, 1.82) is 0 Å². The highest BCUT2D eigenvalue weighted by Gasteiger charge is 2.08. The second kappa shape index (κ2) is 10.6. The molecule has 0 radical (unpaired) electrons. The molecule has 0 rings (SSSR count). The molecule has 0 aromatic heterocycles. The van der Waals surface area contributed by atoms with Crippen molar-refractivity contribution in [3.05, 3.63) is 0 Å². The second-order valence-electron chi connectivity index (χ2n) is 3.40. The van der Waals surface area contributed by atoms with Gasteiger partial charge in [0.2, 0.25) is 0 Å². The van der Waals surface area contributed by atoms with E-state index in [4.69, 9.17) is 23.2 Å². The van der Waals surface area contributed by atoms with Crippen molar-refractivity contribution in [3.63, 3.8) is 0 Å². The van der Waals surface area contributed by atoms with Crippen molar-refractivity contribution >= 4 is 23.2 Å². The summed E-state index contributed by atoms with van der Waals surface area (Å²) in [4.78, 5) is 2.46. The average Bonchev–Trinajstić information content (AvgIpc) is 2.04. The third-order valence-electron chi connectivity index (χ3n) is 1.76. The molecule has 0 spiro atoms. The Kier molecular flexibility index (Phi) is 13.1. The average molecular weight is 228 g/mol. The molecular formula is C10H23Cl2N. The van der Waals surface area contributed by atoms with Gasteiger partial charge in [-0.2, -0.15) is 0 Å². The van der Waals surface area contributed by atoms with E-state index < -0.39 is 0 Å². The quantitative estimate of drug-likeness (QED) is 0.664. The Morgan fingerprint density at radius 3 is 1.23 bits per heavy atom. The van der Waals surface area contributed by atoms with Gasteiger partial charge in [0.15, 0.2) is 0 Å². The fourth-order valence-corrected chi connectivity index (χ4v) is 1.33. The highest BCUT2D eigenvalue weighted by molar-refractivity contribution is 6.25. The maximum Gasteiger partial charge on any atom is 0.0359 e. The number of halogens is 2. The molecule has 0 saturated heterocycles. The summed E-state index contributed by atoms with van der Waals surface area (Å²) in [6.07, 6.45) is 0. The molecule has 1 nitrogen and oxygen atoms in total. The predicted molar refractivity (Wildman–Crippen MR) is 64.1 cm³/mol. The van der Waals surface area contributed by atoms with Crippen LogP contribution in [0.3, 0.4) is 0 Å². The molecule has 0 aliphatic carbocycles. The van der Waals surface area contributed by atoms with Gasteiger partial charge in [-0.1, -0.05) is 6.92 Å². The Balaban J connectivity index is 0. The molecule has 0 atom stereocenters. The highest BCUT2D eigenvalue weighted by atomic mass is 35.5. The minimum Gasteiger partial charge on any atom is -0.299 e. The third-order valence-corrected chi connectivity index (χ3v) is 2.33. The van der Waals surface area contributed by atoms with Crippen molar-refractivity contribution in [2.45, 2.75) is 46.7 Å². The van der Waals surface area contributed by atoms with E-state index >= 15 is 0 Å². The summed E-state index contributed by atoms with van der Waals surface area (Å²) in [6, 6.07) is 1.38. The van der Waals surface area contributed by atoms with Crippen molar-refractivity contribution in [2.24, 2.45) is 0 Å². The Bertz CT molecular complexity index is 84.9. The lowest BCUT2D eigenvalue weighted by molar-refractivity contribution is 0.185. The van der Waals surface area contributed by atoms with E-state index in [-0.39, 0.29) is 0 Å². The number of hydrogen-bond donors (Lipinski definition) is 0. The summed E-state index contributed by atoms with van der Waals surface area (Å²) < 4.78 is 0. The third kappa shape index (κ3) is 10.5. The first-order valence-corrected chi connectivity index (χ1v) is 5.95. The molecule has 0 aliphatic rings. The molecule has 0 unspecified atom stereocenters. The number of nitrogens with zero attached hydrogens (tertiary/aromatic N) is 1. The van der Waals surface area contributed by atoms with Crippen LogP contribution in [0.25, 0.3) is 0 Å². The van der Waals surface area contributed by atoms with E-state index in [9.17, 15) is 0 Å². The van der Waals surface area contributed by atoms with Crippen LogP contribution in [0.4, 0.5) is 0 Å². The number of rotatable bonds is 4. The molecular weight excluding hydrogens is 205 g/mol. The van der Waals surface area contributed by atoms with Crippen LogP contribution in [-0.4, -0.2) is 35.3 Å². The monoisotopic (exact) mass is 227 g/mol. The lowest BCUT2D eigenvalue weighted by Gasteiger charge is -2.28. The van der Waals surface area contributed by atoms with Gasteiger partial charge in [-0.3, -0.25) is 4.90 Å². The summed E-state index contributed by atoms with van der Waals surface area (Å²) in [7, 11) is 0. The van der Waals surface area contributed by atoms with Crippen LogP contribution in [0, 0.1) is 0 Å². The normalized spacial score (nSPS) is 10.6. The molecule has 0 aromatic carbocycles. The zero-order valence-electron chi connectivity index (χ0n) is 9.48. The van der Waals surface area contributed by atoms with E-state index in [1.165, 1.54) is 0 Å². The van der Waals surface area contributed by atoms with Crippen LogP contribution in [-0.2, 0) is 0 Å². The Labute approximate surface area is 93.4 Å². The Morgan fingerprint density at radius 1 is 0.923 bits per heavy atom.